The molecule has 0 spiro atoms. The number of methoxy groups -OCH3 is 4. The molecule has 3 aromatic heterocycles. The van der Waals surface area contributed by atoms with E-state index in [1.54, 1.807) is 62.4 Å². The van der Waals surface area contributed by atoms with Crippen molar-refractivity contribution < 1.29 is 18.9 Å². The predicted octanol–water partition coefficient (Wildman–Crippen LogP) is 9.74. The molecule has 0 atom stereocenters. The van der Waals surface area contributed by atoms with E-state index in [1.165, 1.54) is 0 Å². The lowest BCUT2D eigenvalue weighted by Crippen LogP contribution is -2.09. The molecule has 5 aromatic rings. The van der Waals surface area contributed by atoms with Crippen LogP contribution in [0.5, 0.6) is 23.0 Å². The molecule has 8 nitrogen and oxygen atoms in total. The van der Waals surface area contributed by atoms with Gasteiger partial charge in [0.1, 0.15) is 29.1 Å². The number of rotatable bonds is 10. The van der Waals surface area contributed by atoms with E-state index in [-0.39, 0.29) is 0 Å². The van der Waals surface area contributed by atoms with Crippen LogP contribution in [-0.2, 0) is 0 Å². The first kappa shape index (κ1) is 33.7. The van der Waals surface area contributed by atoms with Crippen LogP contribution in [0.4, 0.5) is 17.1 Å². The summed E-state index contributed by atoms with van der Waals surface area (Å²) in [6.07, 6.45) is 0. The molecule has 0 fully saturated rings. The van der Waals surface area contributed by atoms with Crippen LogP contribution in [-0.4, -0.2) is 56.6 Å². The molecule has 11 heteroatoms. The first-order valence-corrected chi connectivity index (χ1v) is 17.0. The van der Waals surface area contributed by atoms with E-state index >= 15 is 0 Å². The van der Waals surface area contributed by atoms with Gasteiger partial charge in [-0.2, -0.15) is 5.26 Å². The highest BCUT2D eigenvalue weighted by molar-refractivity contribution is 7.28. The van der Waals surface area contributed by atoms with Crippen molar-refractivity contribution in [1.29, 1.82) is 5.26 Å². The van der Waals surface area contributed by atoms with Crippen LogP contribution in [0.1, 0.15) is 16.7 Å². The van der Waals surface area contributed by atoms with E-state index in [0.29, 0.717) is 34.2 Å². The zero-order chi connectivity index (χ0) is 34.2. The third kappa shape index (κ3) is 5.98. The molecule has 2 aromatic carbocycles. The minimum atomic E-state index is 0.539. The Morgan fingerprint density at radius 3 is 1.40 bits per heavy atom. The van der Waals surface area contributed by atoms with Gasteiger partial charge in [0.15, 0.2) is 0 Å². The number of ether oxygens (including phenoxy) is 4. The van der Waals surface area contributed by atoms with Crippen molar-refractivity contribution >= 4 is 51.1 Å². The summed E-state index contributed by atoms with van der Waals surface area (Å²) in [5, 5.41) is 10.2. The van der Waals surface area contributed by atoms with Gasteiger partial charge in [-0.05, 0) is 37.1 Å². The van der Waals surface area contributed by atoms with Crippen LogP contribution in [0.2, 0.25) is 0 Å². The molecule has 0 unspecified atom stereocenters. The van der Waals surface area contributed by atoms with E-state index in [0.717, 1.165) is 62.9 Å². The summed E-state index contributed by atoms with van der Waals surface area (Å²) in [5.41, 5.74) is 6.76. The summed E-state index contributed by atoms with van der Waals surface area (Å²) in [6, 6.07) is 14.1. The Bertz CT molecular complexity index is 1860. The molecule has 0 N–H and O–H groups in total. The second kappa shape index (κ2) is 13.6. The number of benzene rings is 2. The Kier molecular flexibility index (Phi) is 9.73. The maximum atomic E-state index is 10.2. The molecule has 5 rings (SSSR count). The van der Waals surface area contributed by atoms with Crippen molar-refractivity contribution in [2.75, 3.05) is 66.4 Å². The highest BCUT2D eigenvalue weighted by Crippen LogP contribution is 2.55. The normalized spacial score (nSPS) is 10.7. The molecule has 242 valence electrons. The average molecular weight is 685 g/mol. The van der Waals surface area contributed by atoms with E-state index in [1.807, 2.05) is 74.4 Å². The van der Waals surface area contributed by atoms with Crippen molar-refractivity contribution in [3.8, 4) is 69.5 Å². The summed E-state index contributed by atoms with van der Waals surface area (Å²) in [6.45, 7) is 12.3. The van der Waals surface area contributed by atoms with Crippen LogP contribution < -0.4 is 28.7 Å². The number of anilines is 2. The standard InChI is InChI=1S/C36H36N4O4S3/c1-19-20(2)34(30-17-24(38-3)36(46-30)32-27(43-10)15-23(40(6)7)16-28(32)44-11)47-33(19)29-12-21(18-37)35(45-29)31-25(41-8)13-22(39(4)5)14-26(31)42-9/h12-17H,1-2,4-11H3. The third-order valence-electron chi connectivity index (χ3n) is 8.05. The predicted molar refractivity (Wildman–Crippen MR) is 197 cm³/mol. The Hall–Kier alpha value is -4.68. The molecule has 0 aliphatic heterocycles. The van der Waals surface area contributed by atoms with Crippen LogP contribution in [0.3, 0.4) is 0 Å². The molecule has 47 heavy (non-hydrogen) atoms. The lowest BCUT2D eigenvalue weighted by molar-refractivity contribution is 0.397. The Labute approximate surface area is 288 Å². The monoisotopic (exact) mass is 684 g/mol. The fraction of sp³-hybridized carbons (Fsp3) is 0.278. The van der Waals surface area contributed by atoms with Crippen molar-refractivity contribution in [2.24, 2.45) is 0 Å². The van der Waals surface area contributed by atoms with Crippen LogP contribution in [0.25, 0.3) is 45.2 Å². The number of thiophene rings is 3. The van der Waals surface area contributed by atoms with Crippen molar-refractivity contribution in [1.82, 2.24) is 0 Å². The lowest BCUT2D eigenvalue weighted by Gasteiger charge is -2.19. The summed E-state index contributed by atoms with van der Waals surface area (Å²) in [4.78, 5) is 13.6. The maximum absolute atomic E-state index is 10.2. The summed E-state index contributed by atoms with van der Waals surface area (Å²) < 4.78 is 23.3. The fourth-order valence-electron chi connectivity index (χ4n) is 5.35. The summed E-state index contributed by atoms with van der Waals surface area (Å²) >= 11 is 4.78. The molecule has 0 bridgehead atoms. The third-order valence-corrected chi connectivity index (χ3v) is 12.1. The molecule has 0 saturated heterocycles. The van der Waals surface area contributed by atoms with Crippen molar-refractivity contribution in [3.05, 3.63) is 64.5 Å². The highest BCUT2D eigenvalue weighted by Gasteiger charge is 2.26. The van der Waals surface area contributed by atoms with Gasteiger partial charge in [0, 0.05) is 88.2 Å². The Balaban J connectivity index is 1.65. The molecule has 3 heterocycles. The molecule has 0 aliphatic rings. The van der Waals surface area contributed by atoms with Gasteiger partial charge in [-0.25, -0.2) is 4.85 Å². The van der Waals surface area contributed by atoms with Gasteiger partial charge in [0.2, 0.25) is 5.69 Å². The van der Waals surface area contributed by atoms with E-state index in [9.17, 15) is 5.26 Å². The quantitative estimate of drug-likeness (QED) is 0.136. The maximum Gasteiger partial charge on any atom is 0.206 e. The van der Waals surface area contributed by atoms with Crippen LogP contribution in [0, 0.1) is 31.8 Å². The highest BCUT2D eigenvalue weighted by atomic mass is 32.1. The molecular weight excluding hydrogens is 649 g/mol. The number of nitriles is 1. The second-order valence-corrected chi connectivity index (χ2v) is 14.3. The summed E-state index contributed by atoms with van der Waals surface area (Å²) in [7, 11) is 14.4. The van der Waals surface area contributed by atoms with Gasteiger partial charge in [-0.1, -0.05) is 0 Å². The number of hydrogen-bond acceptors (Lipinski definition) is 10. The van der Waals surface area contributed by atoms with Crippen LogP contribution >= 0.6 is 34.0 Å². The van der Waals surface area contributed by atoms with E-state index in [4.69, 9.17) is 25.5 Å². The average Bonchev–Trinajstić information content (AvgIpc) is 3.78. The Morgan fingerprint density at radius 2 is 1.02 bits per heavy atom. The molecule has 0 aliphatic carbocycles. The van der Waals surface area contributed by atoms with Gasteiger partial charge in [-0.3, -0.25) is 0 Å². The minimum absolute atomic E-state index is 0.539. The largest absolute Gasteiger partial charge is 0.496 e. The van der Waals surface area contributed by atoms with Gasteiger partial charge >= 0.3 is 0 Å². The topological polar surface area (TPSA) is 71.5 Å². The number of hydrogen-bond donors (Lipinski definition) is 0. The Morgan fingerprint density at radius 1 is 0.617 bits per heavy atom. The fourth-order valence-corrected chi connectivity index (χ4v) is 9.30. The molecule has 0 amide bonds. The molecular formula is C36H36N4O4S3. The summed E-state index contributed by atoms with van der Waals surface area (Å²) in [5.74, 6) is 2.57. The van der Waals surface area contributed by atoms with E-state index in [2.05, 4.69) is 24.8 Å². The van der Waals surface area contributed by atoms with Crippen molar-refractivity contribution in [3.63, 3.8) is 0 Å². The van der Waals surface area contributed by atoms with Gasteiger partial charge in [0.05, 0.1) is 56.6 Å². The smallest absolute Gasteiger partial charge is 0.206 e. The van der Waals surface area contributed by atoms with Gasteiger partial charge in [0.25, 0.3) is 0 Å². The second-order valence-electron chi connectivity index (χ2n) is 11.2. The van der Waals surface area contributed by atoms with E-state index < -0.39 is 0 Å². The zero-order valence-electron chi connectivity index (χ0n) is 28.1. The first-order valence-electron chi connectivity index (χ1n) is 14.5. The zero-order valence-corrected chi connectivity index (χ0v) is 30.6. The lowest BCUT2D eigenvalue weighted by atomic mass is 10.1. The SMILES string of the molecule is [C-]#[N+]c1cc(-c2sc(-c3cc(C#N)c(-c4c(OC)cc(N(C)C)cc4OC)s3)c(C)c2C)sc1-c1c(OC)cc(N(C)C)cc1OC. The first-order chi connectivity index (χ1) is 22.5. The molecule has 0 saturated carbocycles. The van der Waals surface area contributed by atoms with Crippen molar-refractivity contribution in [2.45, 2.75) is 13.8 Å². The molecule has 0 radical (unpaired) electrons. The van der Waals surface area contributed by atoms with Crippen LogP contribution in [0.15, 0.2) is 36.4 Å². The van der Waals surface area contributed by atoms with Gasteiger partial charge in [-0.15, -0.1) is 34.0 Å². The number of nitrogens with zero attached hydrogens (tertiary/aromatic N) is 4. The van der Waals surface area contributed by atoms with Gasteiger partial charge < -0.3 is 28.7 Å². The minimum Gasteiger partial charge on any atom is -0.496 e.